The fourth-order valence-electron chi connectivity index (χ4n) is 3.13. The predicted octanol–water partition coefficient (Wildman–Crippen LogP) is 1.18. The Labute approximate surface area is 137 Å². The van der Waals surface area contributed by atoms with E-state index in [2.05, 4.69) is 15.2 Å². The topological polar surface area (TPSA) is 97.3 Å². The quantitative estimate of drug-likeness (QED) is 0.759. The molecule has 0 saturated carbocycles. The zero-order valence-electron chi connectivity index (χ0n) is 13.5. The number of aryl methyl sites for hydroxylation is 2. The highest BCUT2D eigenvalue weighted by atomic mass is 16.5. The molecule has 1 aliphatic heterocycles. The van der Waals surface area contributed by atoms with Crippen LogP contribution in [0, 0.1) is 13.8 Å². The molecule has 124 valence electrons. The second kappa shape index (κ2) is 5.41. The van der Waals surface area contributed by atoms with Crippen LogP contribution in [0.1, 0.15) is 33.1 Å². The molecule has 0 atom stereocenters. The maximum Gasteiger partial charge on any atom is 0.258 e. The van der Waals surface area contributed by atoms with Gasteiger partial charge in [0, 0.05) is 12.2 Å². The van der Waals surface area contributed by atoms with Gasteiger partial charge in [-0.3, -0.25) is 9.48 Å². The van der Waals surface area contributed by atoms with Crippen LogP contribution in [0.2, 0.25) is 0 Å². The Bertz CT molecular complexity index is 943. The van der Waals surface area contributed by atoms with E-state index in [1.54, 1.807) is 17.9 Å². The Morgan fingerprint density at radius 1 is 1.33 bits per heavy atom. The molecule has 4 heterocycles. The first-order valence-electron chi connectivity index (χ1n) is 7.76. The minimum absolute atomic E-state index is 0.0743. The summed E-state index contributed by atoms with van der Waals surface area (Å²) in [5, 5.41) is 18.1. The molecule has 8 nitrogen and oxygen atoms in total. The van der Waals surface area contributed by atoms with Crippen molar-refractivity contribution in [1.82, 2.24) is 24.8 Å². The van der Waals surface area contributed by atoms with Gasteiger partial charge in [0.15, 0.2) is 0 Å². The number of aliphatic hydroxyl groups is 1. The van der Waals surface area contributed by atoms with Crippen LogP contribution in [0.15, 0.2) is 16.7 Å². The van der Waals surface area contributed by atoms with Crippen molar-refractivity contribution in [3.63, 3.8) is 0 Å². The standard InChI is InChI=1S/C16H17N5O3/c1-9-5-13(14-10(2)19-24-15(14)17-9)16(23)20-3-4-21-12(7-20)6-11(8-22)18-21/h5-6,22H,3-4,7-8H2,1-2H3. The molecule has 0 saturated heterocycles. The number of carbonyl (C=O) groups excluding carboxylic acids is 1. The van der Waals surface area contributed by atoms with Gasteiger partial charge in [0.25, 0.3) is 11.6 Å². The Hall–Kier alpha value is -2.74. The first-order valence-corrected chi connectivity index (χ1v) is 7.76. The molecule has 0 spiro atoms. The predicted molar refractivity (Wildman–Crippen MR) is 84.2 cm³/mol. The molecule has 1 N–H and O–H groups in total. The first-order chi connectivity index (χ1) is 11.6. The fourth-order valence-corrected chi connectivity index (χ4v) is 3.13. The van der Waals surface area contributed by atoms with Gasteiger partial charge in [0.1, 0.15) is 0 Å². The van der Waals surface area contributed by atoms with Crippen molar-refractivity contribution in [2.45, 2.75) is 33.5 Å². The molecule has 4 rings (SSSR count). The maximum absolute atomic E-state index is 13.1. The Kier molecular flexibility index (Phi) is 3.34. The normalized spacial score (nSPS) is 14.2. The van der Waals surface area contributed by atoms with Gasteiger partial charge in [-0.2, -0.15) is 5.10 Å². The zero-order valence-corrected chi connectivity index (χ0v) is 13.5. The number of rotatable bonds is 2. The Balaban J connectivity index is 1.71. The molecule has 24 heavy (non-hydrogen) atoms. The van der Waals surface area contributed by atoms with Crippen molar-refractivity contribution < 1.29 is 14.4 Å². The van der Waals surface area contributed by atoms with Crippen molar-refractivity contribution in [3.8, 4) is 0 Å². The molecule has 0 bridgehead atoms. The van der Waals surface area contributed by atoms with Crippen molar-refractivity contribution in [1.29, 1.82) is 0 Å². The van der Waals surface area contributed by atoms with E-state index >= 15 is 0 Å². The summed E-state index contributed by atoms with van der Waals surface area (Å²) in [5.74, 6) is -0.0743. The van der Waals surface area contributed by atoms with Crippen LogP contribution < -0.4 is 0 Å². The summed E-state index contributed by atoms with van der Waals surface area (Å²) in [6, 6.07) is 3.61. The lowest BCUT2D eigenvalue weighted by molar-refractivity contribution is 0.0707. The van der Waals surface area contributed by atoms with Crippen LogP contribution in [-0.2, 0) is 19.7 Å². The molecule has 1 aliphatic rings. The summed E-state index contributed by atoms with van der Waals surface area (Å²) in [4.78, 5) is 19.1. The van der Waals surface area contributed by atoms with Crippen LogP contribution in [0.5, 0.6) is 0 Å². The molecular formula is C16H17N5O3. The van der Waals surface area contributed by atoms with E-state index in [4.69, 9.17) is 4.52 Å². The number of hydrogen-bond acceptors (Lipinski definition) is 6. The van der Waals surface area contributed by atoms with Crippen molar-refractivity contribution >= 4 is 17.0 Å². The summed E-state index contributed by atoms with van der Waals surface area (Å²) >= 11 is 0. The number of amides is 1. The van der Waals surface area contributed by atoms with E-state index < -0.39 is 0 Å². The SMILES string of the molecule is Cc1cc(C(=O)N2CCn3nc(CO)cc3C2)c2c(C)noc2n1. The highest BCUT2D eigenvalue weighted by Gasteiger charge is 2.26. The smallest absolute Gasteiger partial charge is 0.258 e. The molecule has 0 fully saturated rings. The molecule has 0 unspecified atom stereocenters. The van der Waals surface area contributed by atoms with E-state index in [-0.39, 0.29) is 12.5 Å². The molecule has 0 radical (unpaired) electrons. The first kappa shape index (κ1) is 14.8. The molecule has 0 aliphatic carbocycles. The van der Waals surface area contributed by atoms with Gasteiger partial charge < -0.3 is 14.5 Å². The number of hydrogen-bond donors (Lipinski definition) is 1. The number of pyridine rings is 1. The lowest BCUT2D eigenvalue weighted by atomic mass is 10.1. The van der Waals surface area contributed by atoms with Crippen LogP contribution in [-0.4, -0.2) is 42.4 Å². The van der Waals surface area contributed by atoms with Crippen molar-refractivity contribution in [3.05, 3.63) is 40.5 Å². The lowest BCUT2D eigenvalue weighted by Gasteiger charge is -2.28. The second-order valence-electron chi connectivity index (χ2n) is 5.99. The van der Waals surface area contributed by atoms with Crippen LogP contribution in [0.25, 0.3) is 11.1 Å². The van der Waals surface area contributed by atoms with Gasteiger partial charge in [-0.15, -0.1) is 0 Å². The monoisotopic (exact) mass is 327 g/mol. The fraction of sp³-hybridized carbons (Fsp3) is 0.375. The minimum atomic E-state index is -0.0992. The molecule has 8 heteroatoms. The number of nitrogens with zero attached hydrogens (tertiary/aromatic N) is 5. The highest BCUT2D eigenvalue weighted by Crippen LogP contribution is 2.25. The summed E-state index contributed by atoms with van der Waals surface area (Å²) in [7, 11) is 0. The van der Waals surface area contributed by atoms with Gasteiger partial charge in [-0.25, -0.2) is 4.98 Å². The molecule has 0 aromatic carbocycles. The van der Waals surface area contributed by atoms with Crippen LogP contribution in [0.4, 0.5) is 0 Å². The summed E-state index contributed by atoms with van der Waals surface area (Å²) < 4.78 is 7.05. The Morgan fingerprint density at radius 2 is 2.17 bits per heavy atom. The maximum atomic E-state index is 13.1. The third kappa shape index (κ3) is 2.26. The summed E-state index contributed by atoms with van der Waals surface area (Å²) in [6.07, 6.45) is 0. The van der Waals surface area contributed by atoms with Crippen molar-refractivity contribution in [2.75, 3.05) is 6.54 Å². The molecule has 1 amide bonds. The number of fused-ring (bicyclic) bond motifs is 2. The van der Waals surface area contributed by atoms with E-state index in [1.165, 1.54) is 0 Å². The van der Waals surface area contributed by atoms with E-state index in [9.17, 15) is 9.90 Å². The van der Waals surface area contributed by atoms with Gasteiger partial charge in [-0.1, -0.05) is 5.16 Å². The van der Waals surface area contributed by atoms with E-state index in [1.807, 2.05) is 17.7 Å². The van der Waals surface area contributed by atoms with Gasteiger partial charge in [0.2, 0.25) is 0 Å². The van der Waals surface area contributed by atoms with Gasteiger partial charge >= 0.3 is 0 Å². The second-order valence-corrected chi connectivity index (χ2v) is 5.99. The minimum Gasteiger partial charge on any atom is -0.390 e. The third-order valence-corrected chi connectivity index (χ3v) is 4.27. The van der Waals surface area contributed by atoms with Gasteiger partial charge in [0.05, 0.1) is 47.7 Å². The highest BCUT2D eigenvalue weighted by molar-refractivity contribution is 6.06. The lowest BCUT2D eigenvalue weighted by Crippen LogP contribution is -2.38. The molecule has 3 aromatic heterocycles. The Morgan fingerprint density at radius 3 is 2.96 bits per heavy atom. The third-order valence-electron chi connectivity index (χ3n) is 4.27. The number of carbonyl (C=O) groups is 1. The summed E-state index contributed by atoms with van der Waals surface area (Å²) in [5.41, 5.74) is 3.86. The molecular weight excluding hydrogens is 310 g/mol. The zero-order chi connectivity index (χ0) is 16.8. The van der Waals surface area contributed by atoms with E-state index in [0.29, 0.717) is 53.4 Å². The van der Waals surface area contributed by atoms with E-state index in [0.717, 1.165) is 5.69 Å². The number of aromatic nitrogens is 4. The average molecular weight is 327 g/mol. The average Bonchev–Trinajstić information content (AvgIpc) is 3.16. The number of aliphatic hydroxyl groups excluding tert-OH is 1. The van der Waals surface area contributed by atoms with Gasteiger partial charge in [-0.05, 0) is 26.0 Å². The summed E-state index contributed by atoms with van der Waals surface area (Å²) in [6.45, 7) is 5.16. The van der Waals surface area contributed by atoms with Crippen LogP contribution in [0.3, 0.4) is 0 Å². The molecule has 3 aromatic rings. The van der Waals surface area contributed by atoms with Crippen LogP contribution >= 0.6 is 0 Å². The largest absolute Gasteiger partial charge is 0.390 e. The van der Waals surface area contributed by atoms with Crippen molar-refractivity contribution in [2.24, 2.45) is 0 Å².